The number of hydrogen-bond donors (Lipinski definition) is 0. The van der Waals surface area contributed by atoms with E-state index < -0.39 is 0 Å². The topological polar surface area (TPSA) is 0 Å². The predicted octanol–water partition coefficient (Wildman–Crippen LogP) is 14.3. The van der Waals surface area contributed by atoms with E-state index >= 15 is 0 Å². The standard InChI is InChI=1S/2C13H9.2C13H10.2C11H17.2ClH.2Zr/c2*1-3-7-12-10(5-1)9-11-6-2-4-8-13(11)12;2*1-3-7-12(8-4-1)11-13-9-5-2-6-10-13;2*1-4-9-7-8-10(5-2)11(9)6-3;;;;/h2*1-9H;2*1-10H;2*4-7H2,1-3H3;2*1H;;/q2*-1;;;2*-1;;;2*+2/p-2. The Bertz CT molecular complexity index is 3130. The summed E-state index contributed by atoms with van der Waals surface area (Å²) in [5.74, 6) is 0. The maximum absolute atomic E-state index is 3.45. The van der Waals surface area contributed by atoms with Gasteiger partial charge in [-0.15, -0.1) is 92.3 Å². The zero-order chi connectivity index (χ0) is 53.5. The molecule has 78 heavy (non-hydrogen) atoms. The average molecular weight is 1210 g/mol. The van der Waals surface area contributed by atoms with E-state index in [1.807, 2.05) is 0 Å². The fourth-order valence-electron chi connectivity index (χ4n) is 10.1. The van der Waals surface area contributed by atoms with Crippen LogP contribution in [0.15, 0.2) is 264 Å². The maximum Gasteiger partial charge on any atom is -0.0771 e. The molecule has 2 aliphatic rings. The van der Waals surface area contributed by atoms with Crippen molar-refractivity contribution in [2.75, 3.05) is 0 Å². The van der Waals surface area contributed by atoms with E-state index in [-0.39, 0.29) is 24.8 Å². The van der Waals surface area contributed by atoms with Gasteiger partial charge in [0.25, 0.3) is 0 Å². The van der Waals surface area contributed by atoms with Crippen LogP contribution in [0.2, 0.25) is 0 Å². The van der Waals surface area contributed by atoms with E-state index in [0.29, 0.717) is 0 Å². The van der Waals surface area contributed by atoms with Crippen molar-refractivity contribution in [3.63, 3.8) is 0 Å². The normalized spacial score (nSPS) is 12.2. The molecule has 0 heterocycles. The molecule has 0 unspecified atom stereocenters. The smallest absolute Gasteiger partial charge is 0.0771 e. The fraction of sp³-hybridized carbons (Fsp3) is 0.189. The second-order valence-corrected chi connectivity index (χ2v) is 21.3. The molecule has 12 rings (SSSR count). The third-order valence-electron chi connectivity index (χ3n) is 14.2. The summed E-state index contributed by atoms with van der Waals surface area (Å²) >= 11 is 2.92. The van der Waals surface area contributed by atoms with E-state index in [1.54, 1.807) is 22.3 Å². The van der Waals surface area contributed by atoms with Gasteiger partial charge in [0.2, 0.25) is 0 Å². The Balaban J connectivity index is 0.000000172. The van der Waals surface area contributed by atoms with Gasteiger partial charge in [0.15, 0.2) is 0 Å². The van der Waals surface area contributed by atoms with E-state index in [1.165, 1.54) is 157 Å². The van der Waals surface area contributed by atoms with Crippen LogP contribution < -0.4 is 24.8 Å². The van der Waals surface area contributed by atoms with Crippen LogP contribution in [-0.4, -0.2) is 6.41 Å². The van der Waals surface area contributed by atoms with E-state index in [4.69, 9.17) is 0 Å². The summed E-state index contributed by atoms with van der Waals surface area (Å²) in [6, 6.07) is 80.8. The number of hydrogen-bond acceptors (Lipinski definition) is 0. The number of benzene rings is 8. The van der Waals surface area contributed by atoms with Crippen molar-refractivity contribution < 1.29 is 73.3 Å². The quantitative estimate of drug-likeness (QED) is 0.120. The molecule has 0 radical (unpaired) electrons. The molecule has 0 spiro atoms. The molecule has 0 saturated carbocycles. The third kappa shape index (κ3) is 17.3. The molecule has 0 N–H and O–H groups in total. The van der Waals surface area contributed by atoms with Crippen molar-refractivity contribution in [1.82, 2.24) is 0 Å². The van der Waals surface area contributed by atoms with Crippen molar-refractivity contribution in [2.24, 2.45) is 0 Å². The average Bonchev–Trinajstić information content (AvgIpc) is 4.31. The van der Waals surface area contributed by atoms with Crippen LogP contribution in [0.5, 0.6) is 0 Å². The van der Waals surface area contributed by atoms with E-state index in [0.717, 1.165) is 25.7 Å². The van der Waals surface area contributed by atoms with Gasteiger partial charge in [0, 0.05) is 0 Å². The summed E-state index contributed by atoms with van der Waals surface area (Å²) in [7, 11) is 0. The summed E-state index contributed by atoms with van der Waals surface area (Å²) < 4.78 is 2.83. The Kier molecular flexibility index (Phi) is 27.5. The van der Waals surface area contributed by atoms with Crippen molar-refractivity contribution in [1.29, 1.82) is 0 Å². The summed E-state index contributed by atoms with van der Waals surface area (Å²) in [5.41, 5.74) is 14.7. The SMILES string of the molecule is CCC1=[C-]CC(CC)=C1CC.CCC1=[C-]CC(CC)=C1CC.[Cl-].[Cl-].[Zr+2]=[C](c1ccccc1)c1ccccc1.[Zr+2]=[C](c1ccccc1)c1ccccc1.c1ccc2c(c1)[cH-]c1ccccc12.c1ccc2c(c1)[cH-]c1ccccc12. The Morgan fingerprint density at radius 1 is 0.321 bits per heavy atom. The van der Waals surface area contributed by atoms with Gasteiger partial charge in [0.1, 0.15) is 0 Å². The molecule has 0 amide bonds. The fourth-order valence-corrected chi connectivity index (χ4v) is 11.8. The monoisotopic (exact) mass is 1210 g/mol. The van der Waals surface area contributed by atoms with Gasteiger partial charge in [0.05, 0.1) is 0 Å². The Morgan fingerprint density at radius 3 is 0.769 bits per heavy atom. The van der Waals surface area contributed by atoms with E-state index in [9.17, 15) is 0 Å². The van der Waals surface area contributed by atoms with Gasteiger partial charge in [-0.2, -0.15) is 22.3 Å². The molecule has 0 aromatic heterocycles. The number of halogens is 2. The zero-order valence-corrected chi connectivity index (χ0v) is 52.8. The summed E-state index contributed by atoms with van der Waals surface area (Å²) in [6.07, 6.45) is 16.2. The summed E-state index contributed by atoms with van der Waals surface area (Å²) in [6.45, 7) is 13.4. The van der Waals surface area contributed by atoms with Crippen LogP contribution in [0, 0.1) is 12.2 Å². The Hall–Kier alpha value is -5.45. The molecule has 0 nitrogen and oxygen atoms in total. The predicted molar refractivity (Wildman–Crippen MR) is 325 cm³/mol. The molecule has 0 fully saturated rings. The number of rotatable bonds is 10. The van der Waals surface area contributed by atoms with Crippen LogP contribution in [0.1, 0.15) is 115 Å². The van der Waals surface area contributed by atoms with E-state index in [2.05, 4.69) is 284 Å². The second-order valence-electron chi connectivity index (χ2n) is 18.8. The molecule has 4 heteroatoms. The minimum absolute atomic E-state index is 0. The first-order valence-corrected chi connectivity index (χ1v) is 29.8. The summed E-state index contributed by atoms with van der Waals surface area (Å²) in [5, 5.41) is 10.8. The van der Waals surface area contributed by atoms with Gasteiger partial charge in [-0.05, 0) is 0 Å². The van der Waals surface area contributed by atoms with Gasteiger partial charge in [-0.1, -0.05) is 153 Å². The van der Waals surface area contributed by atoms with Gasteiger partial charge in [-0.3, -0.25) is 12.2 Å². The molecule has 392 valence electrons. The number of allylic oxidation sites excluding steroid dienone is 8. The van der Waals surface area contributed by atoms with Crippen molar-refractivity contribution in [3.8, 4) is 0 Å². The minimum atomic E-state index is 0. The molecular weight excluding hydrogens is 1140 g/mol. The third-order valence-corrected chi connectivity index (χ3v) is 17.0. The Labute approximate surface area is 509 Å². The molecular formula is C74H72Cl2Zr2-2. The van der Waals surface area contributed by atoms with Crippen LogP contribution in [0.25, 0.3) is 43.1 Å². The molecule has 0 saturated heterocycles. The molecule has 10 aromatic carbocycles. The molecule has 10 aromatic rings. The summed E-state index contributed by atoms with van der Waals surface area (Å²) in [4.78, 5) is 0. The second kappa shape index (κ2) is 33.9. The molecule has 2 aliphatic carbocycles. The first kappa shape index (κ1) is 63.4. The maximum atomic E-state index is 3.45. The van der Waals surface area contributed by atoms with Crippen LogP contribution >= 0.6 is 0 Å². The molecule has 0 atom stereocenters. The largest absolute Gasteiger partial charge is 0.126 e. The Morgan fingerprint density at radius 2 is 0.551 bits per heavy atom. The van der Waals surface area contributed by atoms with Gasteiger partial charge in [-0.25, -0.2) is 11.1 Å². The van der Waals surface area contributed by atoms with Gasteiger partial charge >= 0.3 is 198 Å². The molecule has 0 aliphatic heterocycles. The van der Waals surface area contributed by atoms with Crippen molar-refractivity contribution in [3.05, 3.63) is 298 Å². The van der Waals surface area contributed by atoms with Crippen LogP contribution in [0.4, 0.5) is 0 Å². The van der Waals surface area contributed by atoms with Crippen LogP contribution in [0.3, 0.4) is 0 Å². The van der Waals surface area contributed by atoms with Gasteiger partial charge < -0.3 is 24.8 Å². The number of fused-ring (bicyclic) bond motifs is 6. The van der Waals surface area contributed by atoms with Crippen LogP contribution in [-0.2, 0) is 48.5 Å². The minimum Gasteiger partial charge on any atom is -0.126 e. The zero-order valence-electron chi connectivity index (χ0n) is 46.4. The first-order valence-electron chi connectivity index (χ1n) is 27.4. The van der Waals surface area contributed by atoms with Crippen molar-refractivity contribution >= 4 is 49.5 Å². The molecule has 0 bridgehead atoms. The van der Waals surface area contributed by atoms with Crippen molar-refractivity contribution in [2.45, 2.75) is 92.9 Å². The first-order chi connectivity index (χ1) is 37.3.